The molecular weight excluding hydrogens is 276 g/mol. The van der Waals surface area contributed by atoms with Crippen molar-refractivity contribution in [1.82, 2.24) is 0 Å². The number of hydrogen-bond acceptors (Lipinski definition) is 5. The standard InChI is InChI=1S/C14H12N2O5/c15-11-5-7(14(20)21)1-2-12(11)16-13(19)8-3-9(17)6-10(18)4-8/h1-6,17-18H,15H2,(H,16,19)(H,20,21). The molecule has 0 aliphatic carbocycles. The minimum atomic E-state index is -1.13. The third-order valence-electron chi connectivity index (χ3n) is 2.71. The Labute approximate surface area is 119 Å². The zero-order valence-electron chi connectivity index (χ0n) is 10.7. The van der Waals surface area contributed by atoms with E-state index in [1.54, 1.807) is 0 Å². The number of phenols is 2. The van der Waals surface area contributed by atoms with E-state index >= 15 is 0 Å². The number of benzene rings is 2. The molecule has 2 aromatic carbocycles. The van der Waals surface area contributed by atoms with Gasteiger partial charge >= 0.3 is 5.97 Å². The number of carbonyl (C=O) groups is 2. The van der Waals surface area contributed by atoms with E-state index in [2.05, 4.69) is 5.32 Å². The molecule has 0 aliphatic rings. The number of carbonyl (C=O) groups excluding carboxylic acids is 1. The summed E-state index contributed by atoms with van der Waals surface area (Å²) >= 11 is 0. The quantitative estimate of drug-likeness (QED) is 0.545. The SMILES string of the molecule is Nc1cc(C(=O)O)ccc1NC(=O)c1cc(O)cc(O)c1. The fourth-order valence-electron chi connectivity index (χ4n) is 1.73. The van der Waals surface area contributed by atoms with E-state index in [1.165, 1.54) is 30.3 Å². The highest BCUT2D eigenvalue weighted by atomic mass is 16.4. The smallest absolute Gasteiger partial charge is 0.335 e. The Morgan fingerprint density at radius 1 is 0.952 bits per heavy atom. The minimum absolute atomic E-state index is 0.000462. The van der Waals surface area contributed by atoms with Gasteiger partial charge in [-0.2, -0.15) is 0 Å². The third kappa shape index (κ3) is 3.21. The molecule has 0 unspecified atom stereocenters. The van der Waals surface area contributed by atoms with Gasteiger partial charge in [0.15, 0.2) is 0 Å². The van der Waals surface area contributed by atoms with Crippen LogP contribution < -0.4 is 11.1 Å². The van der Waals surface area contributed by atoms with Crippen molar-refractivity contribution in [2.24, 2.45) is 0 Å². The molecule has 1 amide bonds. The number of nitrogens with one attached hydrogen (secondary N) is 1. The lowest BCUT2D eigenvalue weighted by Crippen LogP contribution is -2.13. The number of hydrogen-bond donors (Lipinski definition) is 5. The summed E-state index contributed by atoms with van der Waals surface area (Å²) in [6.07, 6.45) is 0. The van der Waals surface area contributed by atoms with Gasteiger partial charge in [0.2, 0.25) is 0 Å². The highest BCUT2D eigenvalue weighted by Gasteiger charge is 2.12. The van der Waals surface area contributed by atoms with E-state index in [9.17, 15) is 19.8 Å². The number of phenolic OH excluding ortho intramolecular Hbond substituents is 2. The summed E-state index contributed by atoms with van der Waals surface area (Å²) in [6, 6.07) is 7.33. The molecule has 108 valence electrons. The van der Waals surface area contributed by atoms with Crippen LogP contribution in [0.2, 0.25) is 0 Å². The molecule has 0 spiro atoms. The molecule has 7 nitrogen and oxygen atoms in total. The number of amides is 1. The Kier molecular flexibility index (Phi) is 3.66. The van der Waals surface area contributed by atoms with Crippen molar-refractivity contribution < 1.29 is 24.9 Å². The van der Waals surface area contributed by atoms with Crippen LogP contribution >= 0.6 is 0 Å². The van der Waals surface area contributed by atoms with Gasteiger partial charge in [0.05, 0.1) is 16.9 Å². The van der Waals surface area contributed by atoms with Gasteiger partial charge in [0.25, 0.3) is 5.91 Å². The van der Waals surface area contributed by atoms with Gasteiger partial charge in [-0.25, -0.2) is 4.79 Å². The normalized spacial score (nSPS) is 10.1. The molecule has 0 fully saturated rings. The van der Waals surface area contributed by atoms with Gasteiger partial charge in [-0.15, -0.1) is 0 Å². The molecule has 2 rings (SSSR count). The molecule has 0 saturated carbocycles. The van der Waals surface area contributed by atoms with Crippen LogP contribution in [0.3, 0.4) is 0 Å². The van der Waals surface area contributed by atoms with E-state index in [0.717, 1.165) is 6.07 Å². The minimum Gasteiger partial charge on any atom is -0.508 e. The van der Waals surface area contributed by atoms with Gasteiger partial charge in [-0.1, -0.05) is 0 Å². The zero-order valence-corrected chi connectivity index (χ0v) is 10.7. The second kappa shape index (κ2) is 5.41. The summed E-state index contributed by atoms with van der Waals surface area (Å²) < 4.78 is 0. The van der Waals surface area contributed by atoms with Crippen LogP contribution in [0, 0.1) is 0 Å². The van der Waals surface area contributed by atoms with Crippen LogP contribution in [0.5, 0.6) is 11.5 Å². The Balaban J connectivity index is 2.25. The Bertz CT molecular complexity index is 707. The summed E-state index contributed by atoms with van der Waals surface area (Å²) in [5, 5.41) is 30.0. The van der Waals surface area contributed by atoms with Crippen molar-refractivity contribution in [3.63, 3.8) is 0 Å². The lowest BCUT2D eigenvalue weighted by atomic mass is 10.1. The zero-order chi connectivity index (χ0) is 15.6. The van der Waals surface area contributed by atoms with Crippen molar-refractivity contribution >= 4 is 23.3 Å². The van der Waals surface area contributed by atoms with Crippen LogP contribution in [0.15, 0.2) is 36.4 Å². The second-order valence-corrected chi connectivity index (χ2v) is 4.30. The highest BCUT2D eigenvalue weighted by Crippen LogP contribution is 2.24. The molecule has 0 aliphatic heterocycles. The first-order valence-corrected chi connectivity index (χ1v) is 5.84. The van der Waals surface area contributed by atoms with Crippen LogP contribution in [-0.2, 0) is 0 Å². The summed E-state index contributed by atoms with van der Waals surface area (Å²) in [5.41, 5.74) is 6.03. The number of rotatable bonds is 3. The van der Waals surface area contributed by atoms with E-state index in [4.69, 9.17) is 10.8 Å². The number of nitrogens with two attached hydrogens (primary N) is 1. The average molecular weight is 288 g/mol. The molecular formula is C14H12N2O5. The number of carboxylic acid groups (broad SMARTS) is 1. The fourth-order valence-corrected chi connectivity index (χ4v) is 1.73. The molecule has 2 aromatic rings. The van der Waals surface area contributed by atoms with Crippen molar-refractivity contribution in [2.45, 2.75) is 0 Å². The largest absolute Gasteiger partial charge is 0.508 e. The lowest BCUT2D eigenvalue weighted by molar-refractivity contribution is 0.0696. The van der Waals surface area contributed by atoms with Crippen molar-refractivity contribution in [1.29, 1.82) is 0 Å². The molecule has 0 bridgehead atoms. The Morgan fingerprint density at radius 2 is 1.57 bits per heavy atom. The third-order valence-corrected chi connectivity index (χ3v) is 2.71. The maximum atomic E-state index is 12.0. The molecule has 0 radical (unpaired) electrons. The first-order chi connectivity index (χ1) is 9.86. The highest BCUT2D eigenvalue weighted by molar-refractivity contribution is 6.06. The fraction of sp³-hybridized carbons (Fsp3) is 0. The topological polar surface area (TPSA) is 133 Å². The first kappa shape index (κ1) is 14.2. The van der Waals surface area contributed by atoms with Crippen LogP contribution in [0.25, 0.3) is 0 Å². The van der Waals surface area contributed by atoms with Gasteiger partial charge in [-0.3, -0.25) is 4.79 Å². The summed E-state index contributed by atoms with van der Waals surface area (Å²) in [5.74, 6) is -2.24. The van der Waals surface area contributed by atoms with Crippen molar-refractivity contribution in [2.75, 3.05) is 11.1 Å². The van der Waals surface area contributed by atoms with Gasteiger partial charge < -0.3 is 26.4 Å². The van der Waals surface area contributed by atoms with E-state index in [-0.39, 0.29) is 34.0 Å². The molecule has 0 heterocycles. The molecule has 0 atom stereocenters. The first-order valence-electron chi connectivity index (χ1n) is 5.84. The van der Waals surface area contributed by atoms with E-state index in [1.807, 2.05) is 0 Å². The van der Waals surface area contributed by atoms with E-state index < -0.39 is 11.9 Å². The number of aromatic carboxylic acids is 1. The molecule has 0 saturated heterocycles. The molecule has 0 aromatic heterocycles. The number of carboxylic acids is 1. The second-order valence-electron chi connectivity index (χ2n) is 4.30. The summed E-state index contributed by atoms with van der Waals surface area (Å²) in [7, 11) is 0. The van der Waals surface area contributed by atoms with Gasteiger partial charge in [0.1, 0.15) is 11.5 Å². The van der Waals surface area contributed by atoms with Crippen LogP contribution in [0.4, 0.5) is 11.4 Å². The van der Waals surface area contributed by atoms with Crippen LogP contribution in [0.1, 0.15) is 20.7 Å². The maximum Gasteiger partial charge on any atom is 0.335 e. The van der Waals surface area contributed by atoms with Gasteiger partial charge in [-0.05, 0) is 30.3 Å². The average Bonchev–Trinajstić information content (AvgIpc) is 2.39. The van der Waals surface area contributed by atoms with Gasteiger partial charge in [0, 0.05) is 11.6 Å². The predicted molar refractivity (Wildman–Crippen MR) is 75.5 cm³/mol. The lowest BCUT2D eigenvalue weighted by Gasteiger charge is -2.09. The predicted octanol–water partition coefficient (Wildman–Crippen LogP) is 1.63. The molecule has 6 N–H and O–H groups in total. The van der Waals surface area contributed by atoms with Crippen LogP contribution in [-0.4, -0.2) is 27.2 Å². The summed E-state index contributed by atoms with van der Waals surface area (Å²) in [4.78, 5) is 22.8. The number of aromatic hydroxyl groups is 2. The molecule has 7 heteroatoms. The molecule has 21 heavy (non-hydrogen) atoms. The van der Waals surface area contributed by atoms with Crippen molar-refractivity contribution in [3.8, 4) is 11.5 Å². The number of anilines is 2. The Morgan fingerprint density at radius 3 is 2.10 bits per heavy atom. The Hall–Kier alpha value is -3.22. The monoisotopic (exact) mass is 288 g/mol. The van der Waals surface area contributed by atoms with E-state index in [0.29, 0.717) is 0 Å². The maximum absolute atomic E-state index is 12.0. The van der Waals surface area contributed by atoms with Crippen molar-refractivity contribution in [3.05, 3.63) is 47.5 Å². The number of nitrogen functional groups attached to an aromatic ring is 1. The summed E-state index contributed by atoms with van der Waals surface area (Å²) in [6.45, 7) is 0.